The van der Waals surface area contributed by atoms with Crippen LogP contribution in [0.2, 0.25) is 0 Å². The molecule has 0 saturated carbocycles. The van der Waals surface area contributed by atoms with Crippen molar-refractivity contribution in [3.05, 3.63) is 66.0 Å². The molecule has 1 aliphatic rings. The first kappa shape index (κ1) is 24.3. The Morgan fingerprint density at radius 2 is 1.97 bits per heavy atom. The Balaban J connectivity index is 1.44. The molecule has 0 spiro atoms. The van der Waals surface area contributed by atoms with Crippen molar-refractivity contribution in [3.8, 4) is 28.4 Å². The number of urea groups is 1. The predicted octanol–water partition coefficient (Wildman–Crippen LogP) is 5.64. The number of carbonyl (C=O) groups excluding carboxylic acids is 1. The summed E-state index contributed by atoms with van der Waals surface area (Å²) in [5, 5.41) is 3.24. The largest absolute Gasteiger partial charge is 0.496 e. The van der Waals surface area contributed by atoms with Crippen LogP contribution in [0.3, 0.4) is 0 Å². The predicted molar refractivity (Wildman–Crippen MR) is 146 cm³/mol. The number of hydrogen-bond acceptors (Lipinski definition) is 6. The average molecular weight is 498 g/mol. The van der Waals surface area contributed by atoms with E-state index >= 15 is 0 Å². The van der Waals surface area contributed by atoms with Gasteiger partial charge in [-0.1, -0.05) is 37.6 Å². The van der Waals surface area contributed by atoms with E-state index in [0.29, 0.717) is 24.1 Å². The molecule has 2 N–H and O–H groups in total. The van der Waals surface area contributed by atoms with Gasteiger partial charge >= 0.3 is 6.03 Å². The van der Waals surface area contributed by atoms with Gasteiger partial charge < -0.3 is 15.0 Å². The maximum atomic E-state index is 13.5. The summed E-state index contributed by atoms with van der Waals surface area (Å²) < 4.78 is 5.50. The van der Waals surface area contributed by atoms with E-state index in [1.165, 1.54) is 0 Å². The minimum Gasteiger partial charge on any atom is -0.496 e. The maximum Gasteiger partial charge on any atom is 0.330 e. The van der Waals surface area contributed by atoms with Gasteiger partial charge in [-0.15, -0.1) is 0 Å². The van der Waals surface area contributed by atoms with E-state index in [1.807, 2.05) is 49.4 Å². The molecular formula is C28H31N7O2. The number of anilines is 3. The lowest BCUT2D eigenvalue weighted by Crippen LogP contribution is -2.46. The van der Waals surface area contributed by atoms with Crippen LogP contribution in [0, 0.1) is 6.92 Å². The molecule has 5 rings (SSSR count). The van der Waals surface area contributed by atoms with E-state index in [4.69, 9.17) is 4.74 Å². The monoisotopic (exact) mass is 497 g/mol. The fraction of sp³-hybridized carbons (Fsp3) is 0.286. The van der Waals surface area contributed by atoms with Gasteiger partial charge in [-0.2, -0.15) is 4.98 Å². The molecule has 37 heavy (non-hydrogen) atoms. The number of carbonyl (C=O) groups is 1. The second-order valence-electron chi connectivity index (χ2n) is 9.10. The fourth-order valence-corrected chi connectivity index (χ4v) is 4.48. The summed E-state index contributed by atoms with van der Waals surface area (Å²) in [5.74, 6) is 2.67. The molecular weight excluding hydrogens is 466 g/mol. The highest BCUT2D eigenvalue weighted by molar-refractivity contribution is 6.05. The number of methoxy groups -OCH3 is 1. The quantitative estimate of drug-likeness (QED) is 0.306. The van der Waals surface area contributed by atoms with Crippen molar-refractivity contribution < 1.29 is 9.53 Å². The number of aromatic nitrogens is 4. The topological polar surface area (TPSA) is 99.3 Å². The maximum absolute atomic E-state index is 13.5. The Morgan fingerprint density at radius 3 is 2.78 bits per heavy atom. The van der Waals surface area contributed by atoms with Gasteiger partial charge in [0, 0.05) is 42.2 Å². The minimum absolute atomic E-state index is 0.139. The number of aryl methyl sites for hydroxylation is 1. The van der Waals surface area contributed by atoms with Crippen LogP contribution < -0.4 is 19.9 Å². The third kappa shape index (κ3) is 4.72. The van der Waals surface area contributed by atoms with Crippen LogP contribution in [0.1, 0.15) is 30.9 Å². The zero-order valence-electron chi connectivity index (χ0n) is 21.6. The van der Waals surface area contributed by atoms with Crippen molar-refractivity contribution in [1.29, 1.82) is 0 Å². The normalized spacial score (nSPS) is 13.0. The zero-order valence-corrected chi connectivity index (χ0v) is 21.6. The summed E-state index contributed by atoms with van der Waals surface area (Å²) in [7, 11) is 3.41. The van der Waals surface area contributed by atoms with Crippen LogP contribution in [0.4, 0.5) is 22.2 Å². The lowest BCUT2D eigenvalue weighted by molar-refractivity contribution is 0.251. The van der Waals surface area contributed by atoms with Crippen LogP contribution >= 0.6 is 0 Å². The molecule has 1 aliphatic heterocycles. The Bertz CT molecular complexity index is 1430. The van der Waals surface area contributed by atoms with Crippen LogP contribution in [-0.4, -0.2) is 46.7 Å². The molecule has 4 aromatic rings. The Hall–Kier alpha value is -4.40. The molecule has 0 saturated heterocycles. The number of ether oxygens (including phenoxy) is 1. The van der Waals surface area contributed by atoms with Crippen molar-refractivity contribution in [2.45, 2.75) is 33.2 Å². The second-order valence-corrected chi connectivity index (χ2v) is 9.10. The molecule has 2 amide bonds. The summed E-state index contributed by atoms with van der Waals surface area (Å²) >= 11 is 0. The third-order valence-corrected chi connectivity index (χ3v) is 6.57. The zero-order chi connectivity index (χ0) is 25.9. The molecule has 0 bridgehead atoms. The first-order chi connectivity index (χ1) is 18.0. The van der Waals surface area contributed by atoms with Gasteiger partial charge in [-0.05, 0) is 37.1 Å². The molecule has 9 heteroatoms. The highest BCUT2D eigenvalue weighted by atomic mass is 16.5. The first-order valence-electron chi connectivity index (χ1n) is 12.4. The summed E-state index contributed by atoms with van der Waals surface area (Å²) in [5.41, 5.74) is 5.38. The summed E-state index contributed by atoms with van der Waals surface area (Å²) in [6.07, 6.45) is 5.72. The van der Waals surface area contributed by atoms with E-state index in [2.05, 4.69) is 32.2 Å². The van der Waals surface area contributed by atoms with Crippen molar-refractivity contribution in [2.75, 3.05) is 35.8 Å². The van der Waals surface area contributed by atoms with Gasteiger partial charge in [0.15, 0.2) is 0 Å². The first-order valence-corrected chi connectivity index (χ1v) is 12.4. The molecule has 0 atom stereocenters. The van der Waals surface area contributed by atoms with Crippen LogP contribution in [0.5, 0.6) is 5.75 Å². The highest BCUT2D eigenvalue weighted by Crippen LogP contribution is 2.35. The van der Waals surface area contributed by atoms with E-state index in [0.717, 1.165) is 58.8 Å². The number of fused-ring (bicyclic) bond motifs is 1. The number of aromatic amines is 1. The number of hydrogen-bond donors (Lipinski definition) is 2. The molecule has 9 nitrogen and oxygen atoms in total. The number of para-hydroxylation sites is 1. The molecule has 190 valence electrons. The minimum atomic E-state index is -0.139. The van der Waals surface area contributed by atoms with Crippen LogP contribution in [0.25, 0.3) is 22.6 Å². The highest BCUT2D eigenvalue weighted by Gasteiger charge is 2.31. The number of H-pyrrole nitrogens is 1. The number of rotatable bonds is 8. The Labute approximate surface area is 216 Å². The SMILES string of the molecule is CCCCNc1ncc2c(n1)N(C)C(=O)N(c1cc(-c3ncc(-c4ccccc4OC)[nH]3)ccc1C)C2. The Morgan fingerprint density at radius 1 is 1.14 bits per heavy atom. The van der Waals surface area contributed by atoms with E-state index in [1.54, 1.807) is 36.4 Å². The lowest BCUT2D eigenvalue weighted by atomic mass is 10.1. The van der Waals surface area contributed by atoms with Crippen molar-refractivity contribution in [3.63, 3.8) is 0 Å². The molecule has 0 unspecified atom stereocenters. The van der Waals surface area contributed by atoms with Crippen molar-refractivity contribution in [2.24, 2.45) is 0 Å². The molecule has 2 aromatic carbocycles. The number of benzene rings is 2. The van der Waals surface area contributed by atoms with Gasteiger partial charge in [-0.3, -0.25) is 9.80 Å². The van der Waals surface area contributed by atoms with Crippen LogP contribution in [0.15, 0.2) is 54.9 Å². The van der Waals surface area contributed by atoms with Gasteiger partial charge in [0.1, 0.15) is 17.4 Å². The number of unbranched alkanes of at least 4 members (excludes halogenated alkanes) is 1. The second kappa shape index (κ2) is 10.3. The third-order valence-electron chi connectivity index (χ3n) is 6.57. The molecule has 0 aliphatic carbocycles. The van der Waals surface area contributed by atoms with Gasteiger partial charge in [0.25, 0.3) is 0 Å². The van der Waals surface area contributed by atoms with Crippen LogP contribution in [-0.2, 0) is 6.54 Å². The van der Waals surface area contributed by atoms with Gasteiger partial charge in [0.05, 0.1) is 25.5 Å². The summed E-state index contributed by atoms with van der Waals surface area (Å²) in [6.45, 7) is 5.33. The molecule has 2 aromatic heterocycles. The van der Waals surface area contributed by atoms with E-state index in [-0.39, 0.29) is 6.03 Å². The molecule has 0 radical (unpaired) electrons. The van der Waals surface area contributed by atoms with Gasteiger partial charge in [0.2, 0.25) is 5.95 Å². The summed E-state index contributed by atoms with van der Waals surface area (Å²) in [4.78, 5) is 33.9. The molecule has 0 fully saturated rings. The smallest absolute Gasteiger partial charge is 0.330 e. The van der Waals surface area contributed by atoms with E-state index in [9.17, 15) is 4.79 Å². The number of amides is 2. The van der Waals surface area contributed by atoms with Gasteiger partial charge in [-0.25, -0.2) is 14.8 Å². The van der Waals surface area contributed by atoms with Crippen molar-refractivity contribution in [1.82, 2.24) is 19.9 Å². The molecule has 3 heterocycles. The standard InChI is InChI=1S/C28H31N7O2/c1-5-6-13-29-27-31-15-20-17-35(28(36)34(3)26(20)33-27)23-14-19(12-11-18(23)2)25-30-16-22(32-25)21-9-7-8-10-24(21)37-4/h7-12,14-16H,5-6,13,17H2,1-4H3,(H,30,32)(H,29,31,33). The lowest BCUT2D eigenvalue weighted by Gasteiger charge is -2.35. The fourth-order valence-electron chi connectivity index (χ4n) is 4.48. The van der Waals surface area contributed by atoms with E-state index < -0.39 is 0 Å². The average Bonchev–Trinajstić information content (AvgIpc) is 3.42. The van der Waals surface area contributed by atoms with Crippen molar-refractivity contribution >= 4 is 23.5 Å². The number of nitrogens with one attached hydrogen (secondary N) is 2. The Kier molecular flexibility index (Phi) is 6.76. The number of imidazole rings is 1. The summed E-state index contributed by atoms with van der Waals surface area (Å²) in [6, 6.07) is 13.7. The number of nitrogens with zero attached hydrogens (tertiary/aromatic N) is 5.